The molecule has 0 amide bonds. The lowest BCUT2D eigenvalue weighted by molar-refractivity contribution is 0.490. The highest BCUT2D eigenvalue weighted by Gasteiger charge is 2.12. The number of rotatable bonds is 0. The summed E-state index contributed by atoms with van der Waals surface area (Å²) >= 11 is 0.825. The van der Waals surface area contributed by atoms with E-state index in [1.165, 1.54) is 18.7 Å². The third kappa shape index (κ3) is 1.28. The van der Waals surface area contributed by atoms with Crippen molar-refractivity contribution < 1.29 is 5.11 Å². The highest BCUT2D eigenvalue weighted by atomic mass is 32.1. The minimum absolute atomic E-state index is 0.0765. The highest BCUT2D eigenvalue weighted by Crippen LogP contribution is 2.19. The maximum Gasteiger partial charge on any atom is 0.331 e. The van der Waals surface area contributed by atoms with Crippen LogP contribution in [0.1, 0.15) is 0 Å². The van der Waals surface area contributed by atoms with Gasteiger partial charge in [-0.2, -0.15) is 0 Å². The van der Waals surface area contributed by atoms with E-state index in [4.69, 9.17) is 0 Å². The van der Waals surface area contributed by atoms with Crippen LogP contribution in [0.3, 0.4) is 0 Å². The Morgan fingerprint density at radius 1 is 1.19 bits per heavy atom. The van der Waals surface area contributed by atoms with Gasteiger partial charge in [0.25, 0.3) is 5.56 Å². The van der Waals surface area contributed by atoms with Gasteiger partial charge in [0.2, 0.25) is 0 Å². The zero-order valence-electron chi connectivity index (χ0n) is 8.55. The van der Waals surface area contributed by atoms with Gasteiger partial charge >= 0.3 is 5.69 Å². The third-order valence-corrected chi connectivity index (χ3v) is 3.31. The van der Waals surface area contributed by atoms with Gasteiger partial charge in [-0.1, -0.05) is 11.3 Å². The van der Waals surface area contributed by atoms with Crippen molar-refractivity contribution in [2.45, 2.75) is 0 Å². The first kappa shape index (κ1) is 10.6. The van der Waals surface area contributed by atoms with E-state index in [1.54, 1.807) is 0 Å². The monoisotopic (exact) mass is 240 g/mol. The van der Waals surface area contributed by atoms with Crippen LogP contribution >= 0.6 is 11.3 Å². The van der Waals surface area contributed by atoms with Gasteiger partial charge in [0, 0.05) is 20.2 Å². The van der Waals surface area contributed by atoms with Crippen LogP contribution in [0.2, 0.25) is 0 Å². The van der Waals surface area contributed by atoms with E-state index in [2.05, 4.69) is 0 Å². The second kappa shape index (κ2) is 3.31. The van der Waals surface area contributed by atoms with Gasteiger partial charge in [-0.25, -0.2) is 4.79 Å². The van der Waals surface area contributed by atoms with Gasteiger partial charge in [-0.05, 0) is 0 Å². The molecule has 16 heavy (non-hydrogen) atoms. The Bertz CT molecular complexity index is 753. The second-order valence-corrected chi connectivity index (χ2v) is 4.34. The standard InChI is InChI=1S/C9H8N2O4S/c1-10-7(14)6-4(12)3-5(13)16-8(6)11(2)9(10)15/h3,13H,1-2H3. The summed E-state index contributed by atoms with van der Waals surface area (Å²) in [6.45, 7) is 0. The van der Waals surface area contributed by atoms with Gasteiger partial charge in [0.15, 0.2) is 10.5 Å². The Kier molecular flexibility index (Phi) is 2.20. The van der Waals surface area contributed by atoms with Crippen LogP contribution < -0.4 is 16.7 Å². The average Bonchev–Trinajstić information content (AvgIpc) is 2.22. The summed E-state index contributed by atoms with van der Waals surface area (Å²) in [7, 11) is 2.75. The molecular weight excluding hydrogens is 232 g/mol. The predicted molar refractivity (Wildman–Crippen MR) is 60.2 cm³/mol. The summed E-state index contributed by atoms with van der Waals surface area (Å²) in [5.74, 6) is 0. The average molecular weight is 240 g/mol. The fraction of sp³-hybridized carbons (Fsp3) is 0.222. The van der Waals surface area contributed by atoms with Crippen molar-refractivity contribution in [3.8, 4) is 5.06 Å². The molecule has 0 aliphatic rings. The summed E-state index contributed by atoms with van der Waals surface area (Å²) in [5, 5.41) is 8.98. The van der Waals surface area contributed by atoms with E-state index in [0.29, 0.717) is 0 Å². The zero-order chi connectivity index (χ0) is 12.0. The van der Waals surface area contributed by atoms with Crippen LogP contribution in [-0.4, -0.2) is 14.2 Å². The number of hydrogen-bond donors (Lipinski definition) is 1. The van der Waals surface area contributed by atoms with Crippen LogP contribution in [0.5, 0.6) is 5.06 Å². The molecule has 1 N–H and O–H groups in total. The Morgan fingerprint density at radius 3 is 2.44 bits per heavy atom. The number of fused-ring (bicyclic) bond motifs is 1. The lowest BCUT2D eigenvalue weighted by Crippen LogP contribution is -2.38. The zero-order valence-corrected chi connectivity index (χ0v) is 9.37. The number of aryl methyl sites for hydroxylation is 1. The Hall–Kier alpha value is -1.89. The molecule has 2 aromatic rings. The fourth-order valence-corrected chi connectivity index (χ4v) is 2.34. The molecule has 0 aromatic carbocycles. The molecule has 6 nitrogen and oxygen atoms in total. The summed E-state index contributed by atoms with van der Waals surface area (Å²) in [6.07, 6.45) is 0. The molecule has 0 aliphatic heterocycles. The molecule has 0 saturated carbocycles. The molecule has 0 saturated heterocycles. The maximum absolute atomic E-state index is 11.7. The maximum atomic E-state index is 11.7. The lowest BCUT2D eigenvalue weighted by atomic mass is 10.3. The molecule has 0 fully saturated rings. The van der Waals surface area contributed by atoms with Crippen molar-refractivity contribution in [3.05, 3.63) is 37.1 Å². The van der Waals surface area contributed by atoms with Crippen molar-refractivity contribution in [1.29, 1.82) is 0 Å². The molecule has 0 atom stereocenters. The van der Waals surface area contributed by atoms with Gasteiger partial charge in [-0.3, -0.25) is 18.7 Å². The third-order valence-electron chi connectivity index (χ3n) is 2.31. The van der Waals surface area contributed by atoms with Crippen molar-refractivity contribution in [3.63, 3.8) is 0 Å². The van der Waals surface area contributed by atoms with Gasteiger partial charge in [0.1, 0.15) is 10.2 Å². The molecule has 2 aromatic heterocycles. The van der Waals surface area contributed by atoms with E-state index in [-0.39, 0.29) is 15.3 Å². The van der Waals surface area contributed by atoms with E-state index >= 15 is 0 Å². The molecule has 0 aliphatic carbocycles. The van der Waals surface area contributed by atoms with Crippen LogP contribution in [-0.2, 0) is 14.1 Å². The van der Waals surface area contributed by atoms with Crippen molar-refractivity contribution in [1.82, 2.24) is 9.13 Å². The van der Waals surface area contributed by atoms with Crippen LogP contribution in [0.15, 0.2) is 20.4 Å². The molecule has 7 heteroatoms. The Morgan fingerprint density at radius 2 is 1.81 bits per heavy atom. The van der Waals surface area contributed by atoms with E-state index in [9.17, 15) is 19.5 Å². The van der Waals surface area contributed by atoms with E-state index in [1.807, 2.05) is 0 Å². The topological polar surface area (TPSA) is 81.3 Å². The highest BCUT2D eigenvalue weighted by molar-refractivity contribution is 7.19. The molecule has 2 rings (SSSR count). The number of aromatic nitrogens is 2. The molecule has 0 bridgehead atoms. The largest absolute Gasteiger partial charge is 0.499 e. The first-order valence-electron chi connectivity index (χ1n) is 4.36. The Labute approximate surface area is 92.6 Å². The lowest BCUT2D eigenvalue weighted by Gasteiger charge is -2.05. The molecule has 0 spiro atoms. The van der Waals surface area contributed by atoms with E-state index < -0.39 is 16.7 Å². The molecule has 2 heterocycles. The normalized spacial score (nSPS) is 10.9. The van der Waals surface area contributed by atoms with E-state index in [0.717, 1.165) is 22.0 Å². The first-order chi connectivity index (χ1) is 7.43. The quantitative estimate of drug-likeness (QED) is 0.664. The first-order valence-corrected chi connectivity index (χ1v) is 5.18. The molecule has 0 radical (unpaired) electrons. The van der Waals surface area contributed by atoms with Gasteiger partial charge < -0.3 is 5.11 Å². The summed E-state index contributed by atoms with van der Waals surface area (Å²) in [5.41, 5.74) is -1.75. The number of aromatic hydroxyl groups is 1. The minimum atomic E-state index is -0.639. The molecular formula is C9H8N2O4S. The van der Waals surface area contributed by atoms with Crippen molar-refractivity contribution in [2.75, 3.05) is 0 Å². The number of hydrogen-bond acceptors (Lipinski definition) is 5. The Balaban J connectivity index is 3.29. The molecule has 0 unspecified atom stereocenters. The molecule has 84 valence electrons. The smallest absolute Gasteiger partial charge is 0.331 e. The summed E-state index contributed by atoms with van der Waals surface area (Å²) < 4.78 is 2.04. The predicted octanol–water partition coefficient (Wildman–Crippen LogP) is -0.636. The fourth-order valence-electron chi connectivity index (χ4n) is 1.47. The SMILES string of the molecule is Cn1c(=O)c2c(=O)cc(O)sc2n(C)c1=O. The summed E-state index contributed by atoms with van der Waals surface area (Å²) in [6, 6.07) is 0.971. The van der Waals surface area contributed by atoms with Crippen molar-refractivity contribution in [2.24, 2.45) is 14.1 Å². The minimum Gasteiger partial charge on any atom is -0.499 e. The van der Waals surface area contributed by atoms with Gasteiger partial charge in [0.05, 0.1) is 0 Å². The summed E-state index contributed by atoms with van der Waals surface area (Å²) in [4.78, 5) is 35.0. The second-order valence-electron chi connectivity index (χ2n) is 3.33. The van der Waals surface area contributed by atoms with Crippen molar-refractivity contribution >= 4 is 21.6 Å². The van der Waals surface area contributed by atoms with Crippen LogP contribution in [0, 0.1) is 0 Å². The van der Waals surface area contributed by atoms with Crippen LogP contribution in [0.4, 0.5) is 0 Å². The number of nitrogens with zero attached hydrogens (tertiary/aromatic N) is 2. The van der Waals surface area contributed by atoms with Gasteiger partial charge in [-0.15, -0.1) is 0 Å². The van der Waals surface area contributed by atoms with Crippen LogP contribution in [0.25, 0.3) is 10.2 Å².